The number of amides is 3. The number of rotatable bonds is 6. The van der Waals surface area contributed by atoms with Gasteiger partial charge in [0.15, 0.2) is 0 Å². The van der Waals surface area contributed by atoms with Crippen molar-refractivity contribution < 1.29 is 18.7 Å². The third-order valence-electron chi connectivity index (χ3n) is 4.44. The summed E-state index contributed by atoms with van der Waals surface area (Å²) in [6, 6.07) is 12.9. The monoisotopic (exact) mass is 371 g/mol. The zero-order valence-electron chi connectivity index (χ0n) is 15.1. The van der Waals surface area contributed by atoms with Gasteiger partial charge in [0, 0.05) is 25.2 Å². The maximum Gasteiger partial charge on any atom is 0.315 e. The lowest BCUT2D eigenvalue weighted by Crippen LogP contribution is -2.43. The maximum atomic E-state index is 13.4. The number of halogens is 1. The second-order valence-corrected chi connectivity index (χ2v) is 6.38. The minimum atomic E-state index is -0.395. The summed E-state index contributed by atoms with van der Waals surface area (Å²) >= 11 is 0. The molecule has 1 aliphatic rings. The predicted molar refractivity (Wildman–Crippen MR) is 100 cm³/mol. The number of ether oxygens (including phenoxy) is 1. The number of urea groups is 1. The molecule has 1 fully saturated rings. The highest BCUT2D eigenvalue weighted by atomic mass is 19.1. The third-order valence-corrected chi connectivity index (χ3v) is 4.44. The first-order valence-electron chi connectivity index (χ1n) is 8.78. The first-order chi connectivity index (χ1) is 13.0. The van der Waals surface area contributed by atoms with Crippen molar-refractivity contribution in [3.8, 4) is 5.75 Å². The van der Waals surface area contributed by atoms with Gasteiger partial charge in [-0.25, -0.2) is 9.18 Å². The molecule has 0 saturated carbocycles. The molecule has 2 aromatic carbocycles. The van der Waals surface area contributed by atoms with Crippen LogP contribution in [0.3, 0.4) is 0 Å². The van der Waals surface area contributed by atoms with Crippen LogP contribution in [-0.2, 0) is 11.2 Å². The zero-order valence-corrected chi connectivity index (χ0v) is 15.1. The molecule has 0 spiro atoms. The summed E-state index contributed by atoms with van der Waals surface area (Å²) in [6.45, 7) is 0.806. The summed E-state index contributed by atoms with van der Waals surface area (Å²) in [4.78, 5) is 25.7. The van der Waals surface area contributed by atoms with Crippen LogP contribution >= 0.6 is 0 Å². The molecule has 3 rings (SSSR count). The summed E-state index contributed by atoms with van der Waals surface area (Å²) in [7, 11) is 1.62. The Balaban J connectivity index is 1.45. The van der Waals surface area contributed by atoms with Crippen LogP contribution in [0.1, 0.15) is 12.0 Å². The number of carbonyl (C=O) groups excluding carboxylic acids is 2. The van der Waals surface area contributed by atoms with Crippen LogP contribution in [0.4, 0.5) is 14.9 Å². The molecule has 2 N–H and O–H groups in total. The number of carbonyl (C=O) groups is 2. The zero-order chi connectivity index (χ0) is 19.2. The van der Waals surface area contributed by atoms with Crippen molar-refractivity contribution in [3.05, 3.63) is 59.9 Å². The van der Waals surface area contributed by atoms with E-state index < -0.39 is 5.82 Å². The second kappa shape index (κ2) is 8.53. The van der Waals surface area contributed by atoms with Gasteiger partial charge in [0.2, 0.25) is 5.91 Å². The molecule has 2 aromatic rings. The van der Waals surface area contributed by atoms with E-state index in [0.717, 1.165) is 11.3 Å². The molecule has 6 nitrogen and oxygen atoms in total. The molecule has 7 heteroatoms. The normalized spacial score (nSPS) is 16.3. The Morgan fingerprint density at radius 3 is 2.74 bits per heavy atom. The predicted octanol–water partition coefficient (Wildman–Crippen LogP) is 2.48. The van der Waals surface area contributed by atoms with Crippen LogP contribution < -0.4 is 20.3 Å². The van der Waals surface area contributed by atoms with Gasteiger partial charge in [-0.05, 0) is 42.3 Å². The van der Waals surface area contributed by atoms with E-state index in [2.05, 4.69) is 10.6 Å². The first kappa shape index (κ1) is 18.7. The van der Waals surface area contributed by atoms with E-state index in [1.165, 1.54) is 17.0 Å². The fraction of sp³-hybridized carbons (Fsp3) is 0.300. The quantitative estimate of drug-likeness (QED) is 0.820. The molecule has 142 valence electrons. The summed E-state index contributed by atoms with van der Waals surface area (Å²) in [5.41, 5.74) is 1.59. The Bertz CT molecular complexity index is 810. The van der Waals surface area contributed by atoms with E-state index in [-0.39, 0.29) is 24.4 Å². The number of anilines is 1. The van der Waals surface area contributed by atoms with Gasteiger partial charge in [-0.2, -0.15) is 0 Å². The fourth-order valence-electron chi connectivity index (χ4n) is 3.05. The molecule has 0 aliphatic carbocycles. The smallest absolute Gasteiger partial charge is 0.315 e. The van der Waals surface area contributed by atoms with Gasteiger partial charge < -0.3 is 20.3 Å². The summed E-state index contributed by atoms with van der Waals surface area (Å²) in [5.74, 6) is 0.260. The van der Waals surface area contributed by atoms with Gasteiger partial charge in [-0.3, -0.25) is 4.79 Å². The lowest BCUT2D eigenvalue weighted by molar-refractivity contribution is -0.117. The van der Waals surface area contributed by atoms with Crippen LogP contribution in [0, 0.1) is 5.82 Å². The van der Waals surface area contributed by atoms with Gasteiger partial charge in [0.25, 0.3) is 0 Å². The van der Waals surface area contributed by atoms with Crippen molar-refractivity contribution in [2.24, 2.45) is 0 Å². The van der Waals surface area contributed by atoms with Crippen molar-refractivity contribution in [2.75, 3.05) is 25.1 Å². The molecule has 1 saturated heterocycles. The summed E-state index contributed by atoms with van der Waals surface area (Å²) in [5, 5.41) is 5.60. The standard InChI is InChI=1S/C20H22FN3O3/c1-27-18-7-5-14(6-8-18)9-10-22-20(26)23-16-12-19(25)24(13-16)17-4-2-3-15(21)11-17/h2-8,11,16H,9-10,12-13H2,1H3,(H2,22,23,26)/t16-/m1/s1. The summed E-state index contributed by atoms with van der Waals surface area (Å²) in [6.07, 6.45) is 0.888. The molecule has 27 heavy (non-hydrogen) atoms. The molecule has 1 atom stereocenters. The Labute approximate surface area is 157 Å². The van der Waals surface area contributed by atoms with Crippen LogP contribution in [-0.4, -0.2) is 38.2 Å². The van der Waals surface area contributed by atoms with E-state index in [1.54, 1.807) is 19.2 Å². The molecular weight excluding hydrogens is 349 g/mol. The van der Waals surface area contributed by atoms with E-state index >= 15 is 0 Å². The molecular formula is C20H22FN3O3. The van der Waals surface area contributed by atoms with Crippen LogP contribution in [0.5, 0.6) is 5.75 Å². The number of benzene rings is 2. The van der Waals surface area contributed by atoms with E-state index in [1.807, 2.05) is 24.3 Å². The molecule has 0 radical (unpaired) electrons. The molecule has 3 amide bonds. The van der Waals surface area contributed by atoms with Crippen LogP contribution in [0.15, 0.2) is 48.5 Å². The Morgan fingerprint density at radius 1 is 1.26 bits per heavy atom. The average Bonchev–Trinajstić information content (AvgIpc) is 3.02. The fourth-order valence-corrected chi connectivity index (χ4v) is 3.05. The van der Waals surface area contributed by atoms with Crippen molar-refractivity contribution in [1.82, 2.24) is 10.6 Å². The Kier molecular flexibility index (Phi) is 5.90. The van der Waals surface area contributed by atoms with Gasteiger partial charge in [-0.1, -0.05) is 18.2 Å². The molecule has 0 bridgehead atoms. The lowest BCUT2D eigenvalue weighted by Gasteiger charge is -2.17. The second-order valence-electron chi connectivity index (χ2n) is 6.38. The SMILES string of the molecule is COc1ccc(CCNC(=O)N[C@@H]2CC(=O)N(c3cccc(F)c3)C2)cc1. The average molecular weight is 371 g/mol. The van der Waals surface area contributed by atoms with E-state index in [4.69, 9.17) is 4.74 Å². The van der Waals surface area contributed by atoms with Gasteiger partial charge in [0.05, 0.1) is 13.2 Å². The molecule has 0 unspecified atom stereocenters. The largest absolute Gasteiger partial charge is 0.497 e. The molecule has 1 aliphatic heterocycles. The highest BCUT2D eigenvalue weighted by molar-refractivity contribution is 5.96. The van der Waals surface area contributed by atoms with Crippen molar-refractivity contribution in [2.45, 2.75) is 18.9 Å². The number of nitrogens with one attached hydrogen (secondary N) is 2. The number of methoxy groups -OCH3 is 1. The molecule has 0 aromatic heterocycles. The lowest BCUT2D eigenvalue weighted by atomic mass is 10.1. The van der Waals surface area contributed by atoms with Crippen molar-refractivity contribution >= 4 is 17.6 Å². The number of hydrogen-bond donors (Lipinski definition) is 2. The number of hydrogen-bond acceptors (Lipinski definition) is 3. The van der Waals surface area contributed by atoms with E-state index in [0.29, 0.717) is 25.2 Å². The maximum absolute atomic E-state index is 13.4. The van der Waals surface area contributed by atoms with Crippen molar-refractivity contribution in [3.63, 3.8) is 0 Å². The minimum absolute atomic E-state index is 0.135. The van der Waals surface area contributed by atoms with Crippen molar-refractivity contribution in [1.29, 1.82) is 0 Å². The number of nitrogens with zero attached hydrogens (tertiary/aromatic N) is 1. The third kappa shape index (κ3) is 4.97. The van der Waals surface area contributed by atoms with Crippen LogP contribution in [0.2, 0.25) is 0 Å². The Morgan fingerprint density at radius 2 is 2.04 bits per heavy atom. The van der Waals surface area contributed by atoms with Gasteiger partial charge in [-0.15, -0.1) is 0 Å². The molecule has 1 heterocycles. The Hall–Kier alpha value is -3.09. The highest BCUT2D eigenvalue weighted by Crippen LogP contribution is 2.22. The summed E-state index contributed by atoms with van der Waals surface area (Å²) < 4.78 is 18.5. The minimum Gasteiger partial charge on any atom is -0.497 e. The first-order valence-corrected chi connectivity index (χ1v) is 8.78. The topological polar surface area (TPSA) is 70.7 Å². The van der Waals surface area contributed by atoms with E-state index in [9.17, 15) is 14.0 Å². The van der Waals surface area contributed by atoms with Crippen LogP contribution in [0.25, 0.3) is 0 Å². The van der Waals surface area contributed by atoms with Gasteiger partial charge >= 0.3 is 6.03 Å². The van der Waals surface area contributed by atoms with Gasteiger partial charge in [0.1, 0.15) is 11.6 Å². The highest BCUT2D eigenvalue weighted by Gasteiger charge is 2.31.